The molecule has 5 nitrogen and oxygen atoms in total. The van der Waals surface area contributed by atoms with Gasteiger partial charge in [0.05, 0.1) is 17.3 Å². The summed E-state index contributed by atoms with van der Waals surface area (Å²) in [5.41, 5.74) is 5.88. The average molecular weight is 249 g/mol. The molecule has 1 aliphatic carbocycles. The summed E-state index contributed by atoms with van der Waals surface area (Å²) in [6.07, 6.45) is 6.23. The third-order valence-corrected chi connectivity index (χ3v) is 3.77. The van der Waals surface area contributed by atoms with Gasteiger partial charge >= 0.3 is 0 Å². The summed E-state index contributed by atoms with van der Waals surface area (Å²) in [7, 11) is 1.95. The van der Waals surface area contributed by atoms with Crippen LogP contribution in [0.5, 0.6) is 0 Å². The maximum Gasteiger partial charge on any atom is 0.146 e. The summed E-state index contributed by atoms with van der Waals surface area (Å²) in [5, 5.41) is 4.41. The number of hydrogen-bond donors (Lipinski definition) is 2. The molecule has 3 N–H and O–H groups in total. The van der Waals surface area contributed by atoms with Crippen molar-refractivity contribution in [2.45, 2.75) is 52.0 Å². The molecule has 0 bridgehead atoms. The molecular formula is C13H23N5. The van der Waals surface area contributed by atoms with Crippen molar-refractivity contribution in [2.24, 2.45) is 17.9 Å². The molecular weight excluding hydrogens is 226 g/mol. The van der Waals surface area contributed by atoms with E-state index >= 15 is 0 Å². The van der Waals surface area contributed by atoms with Gasteiger partial charge in [-0.15, -0.1) is 0 Å². The smallest absolute Gasteiger partial charge is 0.146 e. The minimum Gasteiger partial charge on any atom is -0.308 e. The molecule has 1 heterocycles. The van der Waals surface area contributed by atoms with Crippen LogP contribution in [-0.4, -0.2) is 21.7 Å². The molecule has 1 saturated carbocycles. The summed E-state index contributed by atoms with van der Waals surface area (Å²) in [6, 6.07) is 0.406. The van der Waals surface area contributed by atoms with E-state index in [1.165, 1.54) is 32.1 Å². The second kappa shape index (κ2) is 5.52. The van der Waals surface area contributed by atoms with Crippen LogP contribution in [0.4, 0.5) is 0 Å². The molecule has 1 aliphatic rings. The summed E-state index contributed by atoms with van der Waals surface area (Å²) < 4.78 is 1.87. The molecule has 0 aliphatic heterocycles. The van der Waals surface area contributed by atoms with Crippen molar-refractivity contribution in [1.29, 1.82) is 0 Å². The fourth-order valence-electron chi connectivity index (χ4n) is 2.68. The molecule has 0 aromatic carbocycles. The van der Waals surface area contributed by atoms with Crippen molar-refractivity contribution in [3.05, 3.63) is 17.0 Å². The number of aromatic nitrogens is 2. The Morgan fingerprint density at radius 1 is 1.33 bits per heavy atom. The SMILES string of the molecule is Cc1nn(C)c(C)c1C(=NC1CCCCC1)NN. The van der Waals surface area contributed by atoms with E-state index in [0.29, 0.717) is 6.04 Å². The Morgan fingerprint density at radius 3 is 2.50 bits per heavy atom. The van der Waals surface area contributed by atoms with Gasteiger partial charge in [0.1, 0.15) is 5.84 Å². The standard InChI is InChI=1S/C13H23N5/c1-9-12(10(2)18(3)17-9)13(16-14)15-11-7-5-4-6-8-11/h11H,4-8,14H2,1-3H3,(H,15,16). The third-order valence-electron chi connectivity index (χ3n) is 3.77. The number of amidine groups is 1. The lowest BCUT2D eigenvalue weighted by molar-refractivity contribution is 0.442. The fourth-order valence-corrected chi connectivity index (χ4v) is 2.68. The van der Waals surface area contributed by atoms with Crippen LogP contribution < -0.4 is 11.3 Å². The van der Waals surface area contributed by atoms with Gasteiger partial charge in [-0.2, -0.15) is 5.10 Å². The maximum atomic E-state index is 5.65. The van der Waals surface area contributed by atoms with E-state index in [4.69, 9.17) is 10.8 Å². The molecule has 0 amide bonds. The van der Waals surface area contributed by atoms with Gasteiger partial charge in [0.15, 0.2) is 0 Å². The van der Waals surface area contributed by atoms with Crippen LogP contribution in [0.2, 0.25) is 0 Å². The van der Waals surface area contributed by atoms with E-state index < -0.39 is 0 Å². The number of nitrogens with two attached hydrogens (primary N) is 1. The predicted octanol–water partition coefficient (Wildman–Crippen LogP) is 1.58. The van der Waals surface area contributed by atoms with Crippen LogP contribution >= 0.6 is 0 Å². The molecule has 0 radical (unpaired) electrons. The molecule has 0 saturated heterocycles. The Balaban J connectivity index is 2.29. The van der Waals surface area contributed by atoms with Crippen molar-refractivity contribution >= 4 is 5.84 Å². The van der Waals surface area contributed by atoms with Crippen molar-refractivity contribution in [3.63, 3.8) is 0 Å². The molecule has 0 spiro atoms. The number of nitrogens with one attached hydrogen (secondary N) is 1. The summed E-state index contributed by atoms with van der Waals surface area (Å²) >= 11 is 0. The predicted molar refractivity (Wildman–Crippen MR) is 73.4 cm³/mol. The quantitative estimate of drug-likeness (QED) is 0.362. The van der Waals surface area contributed by atoms with Gasteiger partial charge in [0, 0.05) is 12.7 Å². The highest BCUT2D eigenvalue weighted by Crippen LogP contribution is 2.21. The van der Waals surface area contributed by atoms with Crippen molar-refractivity contribution in [2.75, 3.05) is 0 Å². The minimum atomic E-state index is 0.406. The number of rotatable bonds is 2. The van der Waals surface area contributed by atoms with Crippen LogP contribution in [0.25, 0.3) is 0 Å². The van der Waals surface area contributed by atoms with Crippen molar-refractivity contribution < 1.29 is 0 Å². The first-order valence-electron chi connectivity index (χ1n) is 6.68. The Bertz CT molecular complexity index is 440. The summed E-state index contributed by atoms with van der Waals surface area (Å²) in [4.78, 5) is 4.79. The molecule has 0 unspecified atom stereocenters. The number of aryl methyl sites for hydroxylation is 2. The highest BCUT2D eigenvalue weighted by molar-refractivity contribution is 6.00. The van der Waals surface area contributed by atoms with E-state index in [-0.39, 0.29) is 0 Å². The third kappa shape index (κ3) is 2.56. The lowest BCUT2D eigenvalue weighted by Gasteiger charge is -2.19. The molecule has 1 aromatic heterocycles. The van der Waals surface area contributed by atoms with Gasteiger partial charge in [0.25, 0.3) is 0 Å². The molecule has 100 valence electrons. The van der Waals surface area contributed by atoms with Gasteiger partial charge < -0.3 is 5.43 Å². The lowest BCUT2D eigenvalue weighted by Crippen LogP contribution is -2.33. The van der Waals surface area contributed by atoms with Crippen LogP contribution in [0.1, 0.15) is 49.1 Å². The van der Waals surface area contributed by atoms with E-state index in [0.717, 1.165) is 22.8 Å². The average Bonchev–Trinajstić information content (AvgIpc) is 2.62. The van der Waals surface area contributed by atoms with Gasteiger partial charge in [-0.3, -0.25) is 9.67 Å². The zero-order valence-corrected chi connectivity index (χ0v) is 11.5. The van der Waals surface area contributed by atoms with Gasteiger partial charge in [-0.25, -0.2) is 5.84 Å². The first kappa shape index (κ1) is 13.1. The Hall–Kier alpha value is -1.36. The fraction of sp³-hybridized carbons (Fsp3) is 0.692. The van der Waals surface area contributed by atoms with E-state index in [1.54, 1.807) is 0 Å². The van der Waals surface area contributed by atoms with E-state index in [1.807, 2.05) is 25.6 Å². The first-order valence-corrected chi connectivity index (χ1v) is 6.68. The second-order valence-corrected chi connectivity index (χ2v) is 5.08. The number of nitrogens with zero attached hydrogens (tertiary/aromatic N) is 3. The number of hydrogen-bond acceptors (Lipinski definition) is 3. The Kier molecular flexibility index (Phi) is 4.01. The Labute approximate surface area is 108 Å². The highest BCUT2D eigenvalue weighted by atomic mass is 15.3. The van der Waals surface area contributed by atoms with Gasteiger partial charge in [-0.1, -0.05) is 19.3 Å². The lowest BCUT2D eigenvalue weighted by atomic mass is 9.96. The summed E-state index contributed by atoms with van der Waals surface area (Å²) in [6.45, 7) is 4.04. The van der Waals surface area contributed by atoms with Gasteiger partial charge in [0.2, 0.25) is 0 Å². The normalized spacial score (nSPS) is 18.1. The van der Waals surface area contributed by atoms with Crippen LogP contribution in [0.15, 0.2) is 4.99 Å². The van der Waals surface area contributed by atoms with Crippen LogP contribution in [0, 0.1) is 13.8 Å². The minimum absolute atomic E-state index is 0.406. The first-order chi connectivity index (χ1) is 8.63. The zero-order valence-electron chi connectivity index (χ0n) is 11.5. The molecule has 0 atom stereocenters. The van der Waals surface area contributed by atoms with Gasteiger partial charge in [-0.05, 0) is 26.7 Å². The van der Waals surface area contributed by atoms with Crippen molar-refractivity contribution in [1.82, 2.24) is 15.2 Å². The molecule has 1 aromatic rings. The topological polar surface area (TPSA) is 68.2 Å². The van der Waals surface area contributed by atoms with Crippen LogP contribution in [0.3, 0.4) is 0 Å². The second-order valence-electron chi connectivity index (χ2n) is 5.08. The number of aliphatic imine (C=N–C) groups is 1. The van der Waals surface area contributed by atoms with E-state index in [9.17, 15) is 0 Å². The maximum absolute atomic E-state index is 5.65. The van der Waals surface area contributed by atoms with Crippen LogP contribution in [-0.2, 0) is 7.05 Å². The summed E-state index contributed by atoms with van der Waals surface area (Å²) in [5.74, 6) is 6.43. The highest BCUT2D eigenvalue weighted by Gasteiger charge is 2.18. The molecule has 1 fully saturated rings. The number of hydrazine groups is 1. The molecule has 5 heteroatoms. The molecule has 2 rings (SSSR count). The van der Waals surface area contributed by atoms with E-state index in [2.05, 4.69) is 10.5 Å². The molecule has 18 heavy (non-hydrogen) atoms. The monoisotopic (exact) mass is 249 g/mol. The van der Waals surface area contributed by atoms with Crippen molar-refractivity contribution in [3.8, 4) is 0 Å². The largest absolute Gasteiger partial charge is 0.308 e. The zero-order chi connectivity index (χ0) is 13.1. The Morgan fingerprint density at radius 2 is 2.00 bits per heavy atom.